The van der Waals surface area contributed by atoms with Crippen molar-refractivity contribution in [3.05, 3.63) is 76.8 Å². The van der Waals surface area contributed by atoms with E-state index < -0.39 is 18.0 Å². The first kappa shape index (κ1) is 24.0. The number of aliphatic hydroxyl groups excluding tert-OH is 1. The molecule has 180 valence electrons. The number of aryl methyl sites for hydroxylation is 2. The fraction of sp³-hybridized carbons (Fsp3) is 0.280. The molecule has 0 aliphatic rings. The van der Waals surface area contributed by atoms with Gasteiger partial charge in [0.1, 0.15) is 5.52 Å². The van der Waals surface area contributed by atoms with Crippen LogP contribution in [-0.4, -0.2) is 54.4 Å². The van der Waals surface area contributed by atoms with Crippen molar-refractivity contribution in [2.45, 2.75) is 31.9 Å². The maximum absolute atomic E-state index is 12.6. The van der Waals surface area contributed by atoms with Gasteiger partial charge >= 0.3 is 12.0 Å². The minimum atomic E-state index is -1.12. The Morgan fingerprint density at radius 2 is 1.74 bits per heavy atom. The first-order valence-electron chi connectivity index (χ1n) is 11.1. The number of fused-ring (bicyclic) bond motifs is 1. The van der Waals surface area contributed by atoms with Gasteiger partial charge in [-0.3, -0.25) is 9.59 Å². The lowest BCUT2D eigenvalue weighted by molar-refractivity contribution is -0.146. The molecule has 4 aromatic rings. The third-order valence-electron chi connectivity index (χ3n) is 5.89. The molecular weight excluding hydrogens is 450 g/mol. The van der Waals surface area contributed by atoms with E-state index in [9.17, 15) is 19.8 Å². The standard InChI is InChI=1S/C25H25N5O5/c1-35-25-26-14-18(15-27-25)17-9-6-16(7-10-17)8-11-22(31)20(24(33)34)12-13-30-23(32)19-4-2-3-5-21(19)28-29-30/h2-7,9-10,14-15,20,22,31H,8,11-13H2,1H3,(H,33,34)/t20-,22+/m0/s1. The van der Waals surface area contributed by atoms with Gasteiger partial charge in [0, 0.05) is 24.5 Å². The molecule has 10 nitrogen and oxygen atoms in total. The van der Waals surface area contributed by atoms with Crippen molar-refractivity contribution in [2.75, 3.05) is 7.11 Å². The Balaban J connectivity index is 1.36. The van der Waals surface area contributed by atoms with Gasteiger partial charge in [-0.2, -0.15) is 0 Å². The normalized spacial score (nSPS) is 12.9. The highest BCUT2D eigenvalue weighted by molar-refractivity contribution is 5.76. The van der Waals surface area contributed by atoms with Gasteiger partial charge < -0.3 is 14.9 Å². The SMILES string of the molecule is COc1ncc(-c2ccc(CC[C@@H](O)[C@H](CCn3nnc4ccccc4c3=O)C(=O)O)cc2)cn1. The van der Waals surface area contributed by atoms with Crippen LogP contribution in [0, 0.1) is 5.92 Å². The fourth-order valence-electron chi connectivity index (χ4n) is 3.86. The summed E-state index contributed by atoms with van der Waals surface area (Å²) >= 11 is 0. The average Bonchev–Trinajstić information content (AvgIpc) is 2.89. The summed E-state index contributed by atoms with van der Waals surface area (Å²) in [4.78, 5) is 32.6. The Labute approximate surface area is 200 Å². The second-order valence-electron chi connectivity index (χ2n) is 8.13. The van der Waals surface area contributed by atoms with Gasteiger partial charge in [0.15, 0.2) is 0 Å². The molecule has 0 saturated heterocycles. The van der Waals surface area contributed by atoms with Crippen LogP contribution in [0.15, 0.2) is 65.7 Å². The number of ether oxygens (including phenoxy) is 1. The van der Waals surface area contributed by atoms with Crippen molar-refractivity contribution >= 4 is 16.9 Å². The Morgan fingerprint density at radius 1 is 1.03 bits per heavy atom. The van der Waals surface area contributed by atoms with Crippen molar-refractivity contribution in [1.82, 2.24) is 25.0 Å². The van der Waals surface area contributed by atoms with Crippen molar-refractivity contribution in [3.8, 4) is 17.1 Å². The van der Waals surface area contributed by atoms with Crippen LogP contribution in [-0.2, 0) is 17.8 Å². The molecule has 2 aromatic heterocycles. The molecule has 0 bridgehead atoms. The Kier molecular flexibility index (Phi) is 7.41. The number of aliphatic carboxylic acids is 1. The van der Waals surface area contributed by atoms with E-state index in [4.69, 9.17) is 4.74 Å². The topological polar surface area (TPSA) is 140 Å². The summed E-state index contributed by atoms with van der Waals surface area (Å²) in [7, 11) is 1.50. The molecule has 2 N–H and O–H groups in total. The summed E-state index contributed by atoms with van der Waals surface area (Å²) < 4.78 is 6.11. The number of aliphatic hydroxyl groups is 1. The van der Waals surface area contributed by atoms with Crippen molar-refractivity contribution in [3.63, 3.8) is 0 Å². The van der Waals surface area contributed by atoms with E-state index in [1.165, 1.54) is 7.11 Å². The first-order valence-corrected chi connectivity index (χ1v) is 11.1. The largest absolute Gasteiger partial charge is 0.481 e. The summed E-state index contributed by atoms with van der Waals surface area (Å²) in [6, 6.07) is 14.8. The quantitative estimate of drug-likeness (QED) is 0.353. The van der Waals surface area contributed by atoms with E-state index in [2.05, 4.69) is 20.3 Å². The lowest BCUT2D eigenvalue weighted by Crippen LogP contribution is -2.32. The number of aromatic nitrogens is 5. The number of carboxylic acid groups (broad SMARTS) is 1. The number of hydrogen-bond donors (Lipinski definition) is 2. The number of nitrogens with zero attached hydrogens (tertiary/aromatic N) is 5. The van der Waals surface area contributed by atoms with Gasteiger partial charge in [-0.15, -0.1) is 5.10 Å². The molecule has 0 fully saturated rings. The molecule has 4 rings (SSSR count). The zero-order chi connectivity index (χ0) is 24.8. The van der Waals surface area contributed by atoms with Crippen LogP contribution < -0.4 is 10.3 Å². The molecule has 0 amide bonds. The van der Waals surface area contributed by atoms with Crippen LogP contribution in [0.25, 0.3) is 22.0 Å². The maximum Gasteiger partial charge on any atom is 0.316 e. The third kappa shape index (κ3) is 5.67. The lowest BCUT2D eigenvalue weighted by Gasteiger charge is -2.19. The summed E-state index contributed by atoms with van der Waals surface area (Å²) in [5, 5.41) is 28.6. The molecule has 0 aliphatic carbocycles. The molecule has 2 heterocycles. The van der Waals surface area contributed by atoms with E-state index in [0.29, 0.717) is 23.3 Å². The zero-order valence-electron chi connectivity index (χ0n) is 19.1. The summed E-state index contributed by atoms with van der Waals surface area (Å²) in [6.45, 7) is 0.0450. The minimum absolute atomic E-state index is 0.0450. The predicted molar refractivity (Wildman–Crippen MR) is 128 cm³/mol. The molecule has 10 heteroatoms. The van der Waals surface area contributed by atoms with Gasteiger partial charge in [-0.25, -0.2) is 14.6 Å². The summed E-state index contributed by atoms with van der Waals surface area (Å²) in [5.41, 5.74) is 2.88. The van der Waals surface area contributed by atoms with E-state index in [1.54, 1.807) is 36.7 Å². The van der Waals surface area contributed by atoms with Gasteiger partial charge in [-0.1, -0.05) is 41.6 Å². The second-order valence-corrected chi connectivity index (χ2v) is 8.13. The number of carbonyl (C=O) groups is 1. The summed E-state index contributed by atoms with van der Waals surface area (Å²) in [6.07, 6.45) is 3.09. The Hall–Kier alpha value is -4.18. The molecule has 0 unspecified atom stereocenters. The van der Waals surface area contributed by atoms with Crippen LogP contribution in [0.5, 0.6) is 6.01 Å². The van der Waals surface area contributed by atoms with Crippen molar-refractivity contribution in [2.24, 2.45) is 5.92 Å². The highest BCUT2D eigenvalue weighted by Gasteiger charge is 2.26. The minimum Gasteiger partial charge on any atom is -0.481 e. The number of methoxy groups -OCH3 is 1. The molecule has 0 saturated carbocycles. The number of carboxylic acids is 1. The van der Waals surface area contributed by atoms with Crippen LogP contribution in [0.1, 0.15) is 18.4 Å². The third-order valence-corrected chi connectivity index (χ3v) is 5.89. The highest BCUT2D eigenvalue weighted by atomic mass is 16.5. The molecule has 0 spiro atoms. The van der Waals surface area contributed by atoms with Gasteiger partial charge in [0.25, 0.3) is 5.56 Å². The van der Waals surface area contributed by atoms with Crippen LogP contribution in [0.2, 0.25) is 0 Å². The average molecular weight is 476 g/mol. The lowest BCUT2D eigenvalue weighted by atomic mass is 9.93. The van der Waals surface area contributed by atoms with E-state index in [0.717, 1.165) is 21.4 Å². The van der Waals surface area contributed by atoms with Crippen LogP contribution in [0.3, 0.4) is 0 Å². The highest BCUT2D eigenvalue weighted by Crippen LogP contribution is 2.21. The van der Waals surface area contributed by atoms with Gasteiger partial charge in [-0.05, 0) is 42.5 Å². The van der Waals surface area contributed by atoms with Gasteiger partial charge in [0.2, 0.25) is 0 Å². The van der Waals surface area contributed by atoms with E-state index >= 15 is 0 Å². The van der Waals surface area contributed by atoms with Crippen molar-refractivity contribution < 1.29 is 19.7 Å². The number of hydrogen-bond acceptors (Lipinski definition) is 8. The zero-order valence-corrected chi connectivity index (χ0v) is 19.1. The molecule has 2 aromatic carbocycles. The monoisotopic (exact) mass is 475 g/mol. The molecule has 2 atom stereocenters. The van der Waals surface area contributed by atoms with Crippen LogP contribution in [0.4, 0.5) is 0 Å². The van der Waals surface area contributed by atoms with E-state index in [-0.39, 0.29) is 24.9 Å². The predicted octanol–water partition coefficient (Wildman–Crippen LogP) is 2.34. The van der Waals surface area contributed by atoms with Gasteiger partial charge in [0.05, 0.1) is 24.5 Å². The molecular formula is C25H25N5O5. The van der Waals surface area contributed by atoms with Crippen LogP contribution >= 0.6 is 0 Å². The fourth-order valence-corrected chi connectivity index (χ4v) is 3.86. The molecule has 0 radical (unpaired) electrons. The van der Waals surface area contributed by atoms with E-state index in [1.807, 2.05) is 24.3 Å². The maximum atomic E-state index is 12.6. The molecule has 35 heavy (non-hydrogen) atoms. The number of benzene rings is 2. The Morgan fingerprint density at radius 3 is 2.43 bits per heavy atom. The Bertz CT molecular complexity index is 1360. The van der Waals surface area contributed by atoms with Crippen molar-refractivity contribution in [1.29, 1.82) is 0 Å². The smallest absolute Gasteiger partial charge is 0.316 e. The first-order chi connectivity index (χ1) is 17.0. The molecule has 0 aliphatic heterocycles. The second kappa shape index (κ2) is 10.8. The number of rotatable bonds is 10. The summed E-state index contributed by atoms with van der Waals surface area (Å²) in [5.74, 6) is -2.15.